The molecule has 0 bridgehead atoms. The normalized spacial score (nSPS) is 27.7. The maximum Gasteiger partial charge on any atom is 0.323 e. The third-order valence-corrected chi connectivity index (χ3v) is 3.96. The average Bonchev–Trinajstić information content (AvgIpc) is 2.32. The third-order valence-electron chi connectivity index (χ3n) is 3.96. The Hall–Kier alpha value is -0.610. The van der Waals surface area contributed by atoms with E-state index in [1.54, 1.807) is 6.92 Å². The Morgan fingerprint density at radius 2 is 2.00 bits per heavy atom. The molecule has 0 radical (unpaired) electrons. The molecule has 1 fully saturated rings. The fourth-order valence-electron chi connectivity index (χ4n) is 2.49. The van der Waals surface area contributed by atoms with Gasteiger partial charge < -0.3 is 15.2 Å². The zero-order valence-corrected chi connectivity index (χ0v) is 11.9. The van der Waals surface area contributed by atoms with E-state index < -0.39 is 11.5 Å². The molecule has 0 spiro atoms. The summed E-state index contributed by atoms with van der Waals surface area (Å²) in [6.45, 7) is 7.11. The lowest BCUT2D eigenvalue weighted by Gasteiger charge is -2.29. The lowest BCUT2D eigenvalue weighted by molar-refractivity contribution is -0.145. The fraction of sp³-hybridized carbons (Fsp3) is 0.929. The van der Waals surface area contributed by atoms with Gasteiger partial charge in [0, 0.05) is 6.61 Å². The van der Waals surface area contributed by atoms with Gasteiger partial charge in [-0.05, 0) is 51.5 Å². The Morgan fingerprint density at radius 1 is 1.39 bits per heavy atom. The van der Waals surface area contributed by atoms with Gasteiger partial charge in [-0.2, -0.15) is 0 Å². The highest BCUT2D eigenvalue weighted by molar-refractivity contribution is 5.78. The van der Waals surface area contributed by atoms with Crippen LogP contribution in [-0.2, 0) is 9.53 Å². The van der Waals surface area contributed by atoms with Gasteiger partial charge in [0.1, 0.15) is 5.54 Å². The molecule has 18 heavy (non-hydrogen) atoms. The summed E-state index contributed by atoms with van der Waals surface area (Å²) in [6, 6.07) is 0. The average molecular weight is 257 g/mol. The Bertz CT molecular complexity index is 262. The highest BCUT2D eigenvalue weighted by Gasteiger charge is 2.32. The molecule has 0 aromatic rings. The van der Waals surface area contributed by atoms with E-state index in [0.29, 0.717) is 25.7 Å². The summed E-state index contributed by atoms with van der Waals surface area (Å²) in [4.78, 5) is 11.2. The zero-order chi connectivity index (χ0) is 13.6. The van der Waals surface area contributed by atoms with Crippen LogP contribution in [-0.4, -0.2) is 35.9 Å². The van der Waals surface area contributed by atoms with Crippen LogP contribution in [0.15, 0.2) is 0 Å². The third kappa shape index (κ3) is 4.58. The largest absolute Gasteiger partial charge is 0.480 e. The van der Waals surface area contributed by atoms with Crippen LogP contribution < -0.4 is 5.32 Å². The zero-order valence-electron chi connectivity index (χ0n) is 11.9. The molecule has 0 saturated heterocycles. The topological polar surface area (TPSA) is 58.6 Å². The number of rotatable bonds is 7. The van der Waals surface area contributed by atoms with E-state index in [0.717, 1.165) is 18.8 Å². The van der Waals surface area contributed by atoms with Crippen molar-refractivity contribution in [3.63, 3.8) is 0 Å². The van der Waals surface area contributed by atoms with Crippen LogP contribution in [0.5, 0.6) is 0 Å². The summed E-state index contributed by atoms with van der Waals surface area (Å²) < 4.78 is 5.82. The van der Waals surface area contributed by atoms with Gasteiger partial charge in [-0.25, -0.2) is 0 Å². The Balaban J connectivity index is 2.28. The molecule has 2 N–H and O–H groups in total. The van der Waals surface area contributed by atoms with Crippen molar-refractivity contribution in [3.05, 3.63) is 0 Å². The number of nitrogens with one attached hydrogen (secondary N) is 1. The fourth-order valence-corrected chi connectivity index (χ4v) is 2.49. The van der Waals surface area contributed by atoms with E-state index in [1.165, 1.54) is 12.8 Å². The Kier molecular flexibility index (Phi) is 6.09. The molecule has 0 aliphatic heterocycles. The van der Waals surface area contributed by atoms with Crippen molar-refractivity contribution in [2.45, 2.75) is 64.5 Å². The summed E-state index contributed by atoms with van der Waals surface area (Å²) in [6.07, 6.45) is 5.55. The number of carbonyl (C=O) groups is 1. The van der Waals surface area contributed by atoms with Crippen molar-refractivity contribution in [2.24, 2.45) is 5.92 Å². The minimum Gasteiger partial charge on any atom is -0.480 e. The number of ether oxygens (including phenoxy) is 1. The first-order chi connectivity index (χ1) is 8.48. The number of likely N-dealkylation sites (N-methyl/N-ethyl adjacent to an activating group) is 1. The lowest BCUT2D eigenvalue weighted by atomic mass is 9.89. The highest BCUT2D eigenvalue weighted by Crippen LogP contribution is 2.26. The van der Waals surface area contributed by atoms with Crippen molar-refractivity contribution in [3.8, 4) is 0 Å². The van der Waals surface area contributed by atoms with Gasteiger partial charge in [-0.15, -0.1) is 0 Å². The molecule has 106 valence electrons. The molecular formula is C14H27NO3. The van der Waals surface area contributed by atoms with Crippen molar-refractivity contribution in [1.29, 1.82) is 0 Å². The molecular weight excluding hydrogens is 230 g/mol. The van der Waals surface area contributed by atoms with Crippen molar-refractivity contribution >= 4 is 5.97 Å². The standard InChI is InChI=1S/C14H27NO3/c1-4-15-14(3,13(16)17)9-10-18-12-7-5-11(2)6-8-12/h11-12,15H,4-10H2,1-3H3,(H,16,17). The van der Waals surface area contributed by atoms with Gasteiger partial charge in [-0.3, -0.25) is 4.79 Å². The highest BCUT2D eigenvalue weighted by atomic mass is 16.5. The second-order valence-electron chi connectivity index (χ2n) is 5.67. The summed E-state index contributed by atoms with van der Waals surface area (Å²) in [5, 5.41) is 12.2. The minimum absolute atomic E-state index is 0.334. The summed E-state index contributed by atoms with van der Waals surface area (Å²) >= 11 is 0. The van der Waals surface area contributed by atoms with E-state index in [-0.39, 0.29) is 0 Å². The molecule has 0 aromatic carbocycles. The summed E-state index contributed by atoms with van der Waals surface area (Å²) in [5.74, 6) is 0.0149. The predicted octanol–water partition coefficient (Wildman–Crippen LogP) is 2.42. The van der Waals surface area contributed by atoms with Crippen molar-refractivity contribution < 1.29 is 14.6 Å². The van der Waals surface area contributed by atoms with Crippen LogP contribution in [0.1, 0.15) is 52.9 Å². The smallest absolute Gasteiger partial charge is 0.323 e. The van der Waals surface area contributed by atoms with E-state index in [9.17, 15) is 9.90 Å². The maximum atomic E-state index is 11.2. The first-order valence-corrected chi connectivity index (χ1v) is 7.08. The second-order valence-corrected chi connectivity index (χ2v) is 5.67. The second kappa shape index (κ2) is 7.10. The van der Waals surface area contributed by atoms with Gasteiger partial charge in [0.15, 0.2) is 0 Å². The van der Waals surface area contributed by atoms with E-state index in [4.69, 9.17) is 4.74 Å². The lowest BCUT2D eigenvalue weighted by Crippen LogP contribution is -2.50. The molecule has 4 heteroatoms. The number of carboxylic acid groups (broad SMARTS) is 1. The van der Waals surface area contributed by atoms with E-state index >= 15 is 0 Å². The molecule has 0 heterocycles. The van der Waals surface area contributed by atoms with Gasteiger partial charge in [0.2, 0.25) is 0 Å². The van der Waals surface area contributed by atoms with Crippen LogP contribution in [0, 0.1) is 5.92 Å². The molecule has 1 unspecified atom stereocenters. The monoisotopic (exact) mass is 257 g/mol. The first kappa shape index (κ1) is 15.4. The van der Waals surface area contributed by atoms with Crippen LogP contribution in [0.4, 0.5) is 0 Å². The van der Waals surface area contributed by atoms with E-state index in [2.05, 4.69) is 12.2 Å². The molecule has 0 amide bonds. The summed E-state index contributed by atoms with van der Waals surface area (Å²) in [5.41, 5.74) is -0.864. The van der Waals surface area contributed by atoms with Crippen LogP contribution in [0.3, 0.4) is 0 Å². The first-order valence-electron chi connectivity index (χ1n) is 7.08. The van der Waals surface area contributed by atoms with Crippen molar-refractivity contribution in [2.75, 3.05) is 13.2 Å². The SMILES string of the molecule is CCNC(C)(CCOC1CCC(C)CC1)C(=O)O. The molecule has 0 aromatic heterocycles. The van der Waals surface area contributed by atoms with Gasteiger partial charge in [0.25, 0.3) is 0 Å². The number of aliphatic carboxylic acids is 1. The quantitative estimate of drug-likeness (QED) is 0.735. The Labute approximate surface area is 110 Å². The van der Waals surface area contributed by atoms with Crippen molar-refractivity contribution in [1.82, 2.24) is 5.32 Å². The van der Waals surface area contributed by atoms with Crippen LogP contribution in [0.25, 0.3) is 0 Å². The van der Waals surface area contributed by atoms with Gasteiger partial charge >= 0.3 is 5.97 Å². The van der Waals surface area contributed by atoms with Crippen LogP contribution >= 0.6 is 0 Å². The number of carboxylic acids is 1. The van der Waals surface area contributed by atoms with Crippen LogP contribution in [0.2, 0.25) is 0 Å². The Morgan fingerprint density at radius 3 is 2.50 bits per heavy atom. The molecule has 1 atom stereocenters. The molecule has 1 saturated carbocycles. The van der Waals surface area contributed by atoms with Gasteiger partial charge in [0.05, 0.1) is 6.10 Å². The minimum atomic E-state index is -0.864. The molecule has 1 aliphatic carbocycles. The maximum absolute atomic E-state index is 11.2. The molecule has 1 rings (SSSR count). The summed E-state index contributed by atoms with van der Waals surface area (Å²) in [7, 11) is 0. The number of hydrogen-bond acceptors (Lipinski definition) is 3. The molecule has 4 nitrogen and oxygen atoms in total. The van der Waals surface area contributed by atoms with Gasteiger partial charge in [-0.1, -0.05) is 13.8 Å². The predicted molar refractivity (Wildman–Crippen MR) is 71.7 cm³/mol. The van der Waals surface area contributed by atoms with E-state index in [1.807, 2.05) is 6.92 Å². The molecule has 1 aliphatic rings. The number of hydrogen-bond donors (Lipinski definition) is 2.